The smallest absolute Gasteiger partial charge is 0.309 e. The Morgan fingerprint density at radius 1 is 1.24 bits per heavy atom. The summed E-state index contributed by atoms with van der Waals surface area (Å²) < 4.78 is 4.76. The van der Waals surface area contributed by atoms with Crippen LogP contribution in [0.4, 0.5) is 0 Å². The Morgan fingerprint density at radius 2 is 1.94 bits per heavy atom. The quantitative estimate of drug-likeness (QED) is 0.746. The van der Waals surface area contributed by atoms with Crippen molar-refractivity contribution in [2.45, 2.75) is 44.4 Å². The van der Waals surface area contributed by atoms with Gasteiger partial charge in [0, 0.05) is 0 Å². The molecule has 1 aliphatic carbocycles. The summed E-state index contributed by atoms with van der Waals surface area (Å²) >= 11 is 0. The van der Waals surface area contributed by atoms with Crippen molar-refractivity contribution >= 4 is 5.97 Å². The van der Waals surface area contributed by atoms with E-state index in [2.05, 4.69) is 18.2 Å². The van der Waals surface area contributed by atoms with Crippen LogP contribution in [0.15, 0.2) is 24.3 Å². The standard InChI is InChI=1S/C15H20O2/c1-17-15(16)11-13-9-5-6-10-14(13)12-7-3-2-4-8-12/h5-6,9-10,12H,2-4,7-8,11H2,1H3. The van der Waals surface area contributed by atoms with Crippen LogP contribution in [0.3, 0.4) is 0 Å². The molecule has 2 rings (SSSR count). The Labute approximate surface area is 103 Å². The third kappa shape index (κ3) is 3.09. The lowest BCUT2D eigenvalue weighted by Gasteiger charge is -2.24. The van der Waals surface area contributed by atoms with E-state index in [1.807, 2.05) is 6.07 Å². The van der Waals surface area contributed by atoms with Gasteiger partial charge in [-0.3, -0.25) is 4.79 Å². The SMILES string of the molecule is COC(=O)Cc1ccccc1C1CCCCC1. The third-order valence-corrected chi connectivity index (χ3v) is 3.66. The molecule has 2 heteroatoms. The number of hydrogen-bond acceptors (Lipinski definition) is 2. The first-order chi connectivity index (χ1) is 8.31. The van der Waals surface area contributed by atoms with Crippen molar-refractivity contribution in [1.29, 1.82) is 0 Å². The molecule has 0 N–H and O–H groups in total. The molecule has 0 amide bonds. The minimum absolute atomic E-state index is 0.145. The number of ether oxygens (including phenoxy) is 1. The second-order valence-electron chi connectivity index (χ2n) is 4.79. The summed E-state index contributed by atoms with van der Waals surface area (Å²) in [5, 5.41) is 0. The van der Waals surface area contributed by atoms with Crippen molar-refractivity contribution < 1.29 is 9.53 Å². The van der Waals surface area contributed by atoms with E-state index in [-0.39, 0.29) is 5.97 Å². The van der Waals surface area contributed by atoms with Crippen molar-refractivity contribution in [3.05, 3.63) is 35.4 Å². The molecular formula is C15H20O2. The van der Waals surface area contributed by atoms with E-state index in [1.54, 1.807) is 0 Å². The van der Waals surface area contributed by atoms with E-state index in [0.717, 1.165) is 5.56 Å². The fraction of sp³-hybridized carbons (Fsp3) is 0.533. The number of rotatable bonds is 3. The first kappa shape index (κ1) is 12.2. The molecule has 92 valence electrons. The number of carbonyl (C=O) groups is 1. The summed E-state index contributed by atoms with van der Waals surface area (Å²) in [6.45, 7) is 0. The molecule has 0 unspecified atom stereocenters. The van der Waals surface area contributed by atoms with Crippen LogP contribution in [0.1, 0.15) is 49.1 Å². The van der Waals surface area contributed by atoms with Gasteiger partial charge in [0.15, 0.2) is 0 Å². The van der Waals surface area contributed by atoms with E-state index in [4.69, 9.17) is 4.74 Å². The highest BCUT2D eigenvalue weighted by molar-refractivity contribution is 5.73. The molecule has 17 heavy (non-hydrogen) atoms. The summed E-state index contributed by atoms with van der Waals surface area (Å²) in [5.41, 5.74) is 2.50. The van der Waals surface area contributed by atoms with Crippen LogP contribution in [-0.4, -0.2) is 13.1 Å². The normalized spacial score (nSPS) is 16.8. The predicted molar refractivity (Wildman–Crippen MR) is 68.0 cm³/mol. The monoisotopic (exact) mass is 232 g/mol. The average molecular weight is 232 g/mol. The number of benzene rings is 1. The molecule has 1 aromatic carbocycles. The number of methoxy groups -OCH3 is 1. The molecule has 1 aliphatic rings. The Balaban J connectivity index is 2.17. The van der Waals surface area contributed by atoms with Gasteiger partial charge in [-0.2, -0.15) is 0 Å². The molecule has 0 atom stereocenters. The Hall–Kier alpha value is -1.31. The average Bonchev–Trinajstić information content (AvgIpc) is 2.40. The number of hydrogen-bond donors (Lipinski definition) is 0. The minimum Gasteiger partial charge on any atom is -0.469 e. The van der Waals surface area contributed by atoms with Gasteiger partial charge >= 0.3 is 5.97 Å². The van der Waals surface area contributed by atoms with Gasteiger partial charge in [-0.15, -0.1) is 0 Å². The van der Waals surface area contributed by atoms with Gasteiger partial charge in [0.25, 0.3) is 0 Å². The zero-order valence-corrected chi connectivity index (χ0v) is 10.4. The van der Waals surface area contributed by atoms with Gasteiger partial charge in [0.2, 0.25) is 0 Å². The lowest BCUT2D eigenvalue weighted by Crippen LogP contribution is -2.11. The molecule has 1 aromatic rings. The summed E-state index contributed by atoms with van der Waals surface area (Å²) in [7, 11) is 1.45. The number of carbonyl (C=O) groups excluding carboxylic acids is 1. The van der Waals surface area contributed by atoms with Gasteiger partial charge in [0.05, 0.1) is 13.5 Å². The van der Waals surface area contributed by atoms with Crippen molar-refractivity contribution in [3.8, 4) is 0 Å². The highest BCUT2D eigenvalue weighted by Gasteiger charge is 2.19. The lowest BCUT2D eigenvalue weighted by atomic mass is 9.81. The highest BCUT2D eigenvalue weighted by atomic mass is 16.5. The van der Waals surface area contributed by atoms with Gasteiger partial charge in [-0.05, 0) is 29.9 Å². The Kier molecular flexibility index (Phi) is 4.18. The second kappa shape index (κ2) is 5.85. The number of esters is 1. The van der Waals surface area contributed by atoms with Crippen molar-refractivity contribution in [3.63, 3.8) is 0 Å². The Bertz CT molecular complexity index is 378. The maximum atomic E-state index is 11.4. The molecule has 0 bridgehead atoms. The minimum atomic E-state index is -0.145. The highest BCUT2D eigenvalue weighted by Crippen LogP contribution is 2.34. The summed E-state index contributed by atoms with van der Waals surface area (Å²) in [6.07, 6.45) is 6.92. The third-order valence-electron chi connectivity index (χ3n) is 3.66. The first-order valence-electron chi connectivity index (χ1n) is 6.46. The molecule has 0 saturated heterocycles. The van der Waals surface area contributed by atoms with Crippen LogP contribution in [-0.2, 0) is 16.0 Å². The molecular weight excluding hydrogens is 212 g/mol. The van der Waals surface area contributed by atoms with Crippen molar-refractivity contribution in [2.75, 3.05) is 7.11 Å². The Morgan fingerprint density at radius 3 is 2.65 bits per heavy atom. The summed E-state index contributed by atoms with van der Waals surface area (Å²) in [5.74, 6) is 0.498. The maximum Gasteiger partial charge on any atom is 0.309 e. The van der Waals surface area contributed by atoms with Crippen LogP contribution in [0.2, 0.25) is 0 Å². The van der Waals surface area contributed by atoms with Crippen LogP contribution >= 0.6 is 0 Å². The zero-order chi connectivity index (χ0) is 12.1. The summed E-state index contributed by atoms with van der Waals surface area (Å²) in [6, 6.07) is 8.31. The molecule has 0 radical (unpaired) electrons. The van der Waals surface area contributed by atoms with Crippen LogP contribution < -0.4 is 0 Å². The van der Waals surface area contributed by atoms with Gasteiger partial charge < -0.3 is 4.74 Å². The molecule has 0 spiro atoms. The lowest BCUT2D eigenvalue weighted by molar-refractivity contribution is -0.139. The van der Waals surface area contributed by atoms with E-state index < -0.39 is 0 Å². The second-order valence-corrected chi connectivity index (χ2v) is 4.79. The van der Waals surface area contributed by atoms with E-state index >= 15 is 0 Å². The van der Waals surface area contributed by atoms with Gasteiger partial charge in [0.1, 0.15) is 0 Å². The van der Waals surface area contributed by atoms with E-state index in [9.17, 15) is 4.79 Å². The zero-order valence-electron chi connectivity index (χ0n) is 10.4. The largest absolute Gasteiger partial charge is 0.469 e. The predicted octanol–water partition coefficient (Wildman–Crippen LogP) is 3.45. The van der Waals surface area contributed by atoms with E-state index in [1.165, 1.54) is 44.8 Å². The van der Waals surface area contributed by atoms with Crippen molar-refractivity contribution in [2.24, 2.45) is 0 Å². The maximum absolute atomic E-state index is 11.4. The summed E-state index contributed by atoms with van der Waals surface area (Å²) in [4.78, 5) is 11.4. The first-order valence-corrected chi connectivity index (χ1v) is 6.46. The van der Waals surface area contributed by atoms with Gasteiger partial charge in [-0.1, -0.05) is 43.5 Å². The molecule has 2 nitrogen and oxygen atoms in total. The molecule has 0 heterocycles. The van der Waals surface area contributed by atoms with Gasteiger partial charge in [-0.25, -0.2) is 0 Å². The molecule has 0 aromatic heterocycles. The molecule has 0 aliphatic heterocycles. The van der Waals surface area contributed by atoms with E-state index in [0.29, 0.717) is 12.3 Å². The van der Waals surface area contributed by atoms with Crippen molar-refractivity contribution in [1.82, 2.24) is 0 Å². The topological polar surface area (TPSA) is 26.3 Å². The van der Waals surface area contributed by atoms with Crippen LogP contribution in [0.25, 0.3) is 0 Å². The molecule has 1 saturated carbocycles. The van der Waals surface area contributed by atoms with Crippen LogP contribution in [0, 0.1) is 0 Å². The van der Waals surface area contributed by atoms with Crippen LogP contribution in [0.5, 0.6) is 0 Å². The fourth-order valence-corrected chi connectivity index (χ4v) is 2.73. The fourth-order valence-electron chi connectivity index (χ4n) is 2.73. The molecule has 1 fully saturated rings.